The van der Waals surface area contributed by atoms with E-state index in [9.17, 15) is 4.79 Å². The molecular weight excluding hydrogens is 384 g/mol. The highest BCUT2D eigenvalue weighted by atomic mass is 35.5. The number of amides is 1. The lowest BCUT2D eigenvalue weighted by molar-refractivity contribution is -0.917. The molecule has 1 aromatic heterocycles. The summed E-state index contributed by atoms with van der Waals surface area (Å²) in [4.78, 5) is 15.9. The summed E-state index contributed by atoms with van der Waals surface area (Å²) in [6.45, 7) is 5.57. The number of hydrogen-bond donors (Lipinski definition) is 1. The molecule has 0 bridgehead atoms. The van der Waals surface area contributed by atoms with E-state index in [4.69, 9.17) is 21.1 Å². The van der Waals surface area contributed by atoms with Crippen LogP contribution in [0.25, 0.3) is 6.08 Å². The number of ether oxygens (including phenoxy) is 2. The van der Waals surface area contributed by atoms with Gasteiger partial charge in [-0.25, -0.2) is 0 Å². The minimum atomic E-state index is 0.0376. The first-order valence-corrected chi connectivity index (χ1v) is 10.4. The number of fused-ring (bicyclic) bond motifs is 1. The van der Waals surface area contributed by atoms with Crippen LogP contribution in [-0.2, 0) is 11.3 Å². The Hall–Kier alpha value is -2.02. The molecule has 0 spiro atoms. The summed E-state index contributed by atoms with van der Waals surface area (Å²) >= 11 is 7.98. The van der Waals surface area contributed by atoms with E-state index in [1.807, 2.05) is 11.0 Å². The van der Waals surface area contributed by atoms with Gasteiger partial charge in [-0.05, 0) is 40.6 Å². The Kier molecular flexibility index (Phi) is 5.66. The quantitative estimate of drug-likeness (QED) is 0.792. The summed E-state index contributed by atoms with van der Waals surface area (Å²) in [6.07, 6.45) is 3.41. The summed E-state index contributed by atoms with van der Waals surface area (Å²) in [6, 6.07) is 5.82. The summed E-state index contributed by atoms with van der Waals surface area (Å²) in [5.41, 5.74) is 2.21. The second-order valence-corrected chi connectivity index (χ2v) is 7.93. The van der Waals surface area contributed by atoms with E-state index in [1.54, 1.807) is 29.6 Å². The van der Waals surface area contributed by atoms with E-state index in [1.165, 1.54) is 10.5 Å². The number of thiophene rings is 1. The van der Waals surface area contributed by atoms with E-state index in [2.05, 4.69) is 16.8 Å². The Morgan fingerprint density at radius 1 is 1.26 bits per heavy atom. The average molecular weight is 406 g/mol. The summed E-state index contributed by atoms with van der Waals surface area (Å²) in [5.74, 6) is 1.25. The van der Waals surface area contributed by atoms with Crippen LogP contribution in [0.3, 0.4) is 0 Å². The number of rotatable bonds is 4. The molecule has 1 N–H and O–H groups in total. The van der Waals surface area contributed by atoms with Crippen molar-refractivity contribution < 1.29 is 19.2 Å². The van der Waals surface area contributed by atoms with Gasteiger partial charge in [0.05, 0.1) is 31.2 Å². The number of nitrogens with zero attached hydrogens (tertiary/aromatic N) is 1. The second-order valence-electron chi connectivity index (χ2n) is 6.74. The lowest BCUT2D eigenvalue weighted by atomic mass is 10.1. The summed E-state index contributed by atoms with van der Waals surface area (Å²) in [5, 5.41) is 4.82. The zero-order valence-electron chi connectivity index (χ0n) is 14.9. The van der Waals surface area contributed by atoms with Gasteiger partial charge in [0.25, 0.3) is 0 Å². The molecule has 0 unspecified atom stereocenters. The Labute approximate surface area is 167 Å². The summed E-state index contributed by atoms with van der Waals surface area (Å²) < 4.78 is 11.1. The van der Waals surface area contributed by atoms with Gasteiger partial charge in [-0.3, -0.25) is 4.79 Å². The largest absolute Gasteiger partial charge is 0.486 e. The predicted molar refractivity (Wildman–Crippen MR) is 107 cm³/mol. The van der Waals surface area contributed by atoms with Crippen LogP contribution < -0.4 is 14.4 Å². The topological polar surface area (TPSA) is 43.2 Å². The molecule has 7 heteroatoms. The average Bonchev–Trinajstić information content (AvgIpc) is 3.20. The van der Waals surface area contributed by atoms with E-state index in [0.717, 1.165) is 38.3 Å². The van der Waals surface area contributed by atoms with Gasteiger partial charge in [0, 0.05) is 11.6 Å². The van der Waals surface area contributed by atoms with Crippen LogP contribution in [0.15, 0.2) is 35.0 Å². The molecule has 3 heterocycles. The van der Waals surface area contributed by atoms with Gasteiger partial charge in [-0.2, -0.15) is 11.3 Å². The van der Waals surface area contributed by atoms with Crippen LogP contribution in [0.1, 0.15) is 11.1 Å². The first-order valence-electron chi connectivity index (χ1n) is 9.10. The molecular formula is C20H22ClN2O3S+. The molecule has 2 aromatic rings. The van der Waals surface area contributed by atoms with Crippen LogP contribution in [0, 0.1) is 0 Å². The molecule has 1 saturated heterocycles. The molecule has 0 aliphatic carbocycles. The lowest BCUT2D eigenvalue weighted by Crippen LogP contribution is -3.13. The van der Waals surface area contributed by atoms with Crippen molar-refractivity contribution in [3.8, 4) is 11.5 Å². The highest BCUT2D eigenvalue weighted by molar-refractivity contribution is 7.07. The standard InChI is InChI=1S/C20H21ClN2O3S/c21-17-11-15(12-18-20(17)26-9-8-25-18)1-2-19(24)23-6-4-22(5-7-23)13-16-3-10-27-14-16/h1-3,10-12,14H,4-9,13H2/p+1/b2-1+. The minimum Gasteiger partial charge on any atom is -0.486 e. The number of carbonyl (C=O) groups excluding carboxylic acids is 1. The lowest BCUT2D eigenvalue weighted by Gasteiger charge is -2.31. The van der Waals surface area contributed by atoms with Gasteiger partial charge in [-0.1, -0.05) is 11.6 Å². The fourth-order valence-electron chi connectivity index (χ4n) is 3.40. The molecule has 142 valence electrons. The first kappa shape index (κ1) is 18.3. The van der Waals surface area contributed by atoms with Crippen molar-refractivity contribution in [3.05, 3.63) is 51.2 Å². The fraction of sp³-hybridized carbons (Fsp3) is 0.350. The smallest absolute Gasteiger partial charge is 0.246 e. The molecule has 1 amide bonds. The molecule has 5 nitrogen and oxygen atoms in total. The van der Waals surface area contributed by atoms with Crippen molar-refractivity contribution >= 4 is 34.9 Å². The molecule has 27 heavy (non-hydrogen) atoms. The zero-order valence-corrected chi connectivity index (χ0v) is 16.5. The maximum absolute atomic E-state index is 12.5. The maximum Gasteiger partial charge on any atom is 0.246 e. The van der Waals surface area contributed by atoms with Crippen molar-refractivity contribution in [2.24, 2.45) is 0 Å². The van der Waals surface area contributed by atoms with Gasteiger partial charge >= 0.3 is 0 Å². The number of benzene rings is 1. The third-order valence-corrected chi connectivity index (χ3v) is 5.87. The predicted octanol–water partition coefficient (Wildman–Crippen LogP) is 2.11. The van der Waals surface area contributed by atoms with E-state index in [-0.39, 0.29) is 5.91 Å². The van der Waals surface area contributed by atoms with Gasteiger partial charge < -0.3 is 19.3 Å². The van der Waals surface area contributed by atoms with Crippen LogP contribution >= 0.6 is 22.9 Å². The molecule has 0 saturated carbocycles. The number of quaternary nitrogens is 1. The normalized spacial score (nSPS) is 17.4. The number of carbonyl (C=O) groups is 1. The monoisotopic (exact) mass is 405 g/mol. The SMILES string of the molecule is O=C(/C=C/c1cc(Cl)c2c(c1)OCCO2)N1CC[NH+](Cc2ccsc2)CC1. The third-order valence-electron chi connectivity index (χ3n) is 4.85. The Morgan fingerprint density at radius 3 is 2.85 bits per heavy atom. The van der Waals surface area contributed by atoms with Crippen molar-refractivity contribution in [2.75, 3.05) is 39.4 Å². The molecule has 1 fully saturated rings. The molecule has 2 aliphatic rings. The van der Waals surface area contributed by atoms with Gasteiger partial charge in [0.1, 0.15) is 19.8 Å². The third kappa shape index (κ3) is 4.46. The zero-order chi connectivity index (χ0) is 18.6. The van der Waals surface area contributed by atoms with Crippen molar-refractivity contribution in [2.45, 2.75) is 6.54 Å². The number of piperazine rings is 1. The Balaban J connectivity index is 1.33. The summed E-state index contributed by atoms with van der Waals surface area (Å²) in [7, 11) is 0. The molecule has 0 atom stereocenters. The van der Waals surface area contributed by atoms with Gasteiger partial charge in [-0.15, -0.1) is 0 Å². The van der Waals surface area contributed by atoms with Gasteiger partial charge in [0.15, 0.2) is 11.5 Å². The molecule has 2 aliphatic heterocycles. The fourth-order valence-corrected chi connectivity index (χ4v) is 4.34. The Bertz CT molecular complexity index is 830. The van der Waals surface area contributed by atoms with Crippen LogP contribution in [0.5, 0.6) is 11.5 Å². The number of nitrogens with one attached hydrogen (secondary N) is 1. The Morgan fingerprint density at radius 2 is 2.07 bits per heavy atom. The van der Waals surface area contributed by atoms with Crippen LogP contribution in [0.4, 0.5) is 0 Å². The van der Waals surface area contributed by atoms with Crippen molar-refractivity contribution in [1.29, 1.82) is 0 Å². The van der Waals surface area contributed by atoms with Crippen LogP contribution in [0.2, 0.25) is 5.02 Å². The molecule has 0 radical (unpaired) electrons. The van der Waals surface area contributed by atoms with E-state index < -0.39 is 0 Å². The highest BCUT2D eigenvalue weighted by Crippen LogP contribution is 2.38. The maximum atomic E-state index is 12.5. The van der Waals surface area contributed by atoms with Gasteiger partial charge in [0.2, 0.25) is 5.91 Å². The van der Waals surface area contributed by atoms with Crippen LogP contribution in [-0.4, -0.2) is 50.2 Å². The second kappa shape index (κ2) is 8.33. The molecule has 4 rings (SSSR count). The highest BCUT2D eigenvalue weighted by Gasteiger charge is 2.22. The van der Waals surface area contributed by atoms with Crippen molar-refractivity contribution in [1.82, 2.24) is 4.90 Å². The minimum absolute atomic E-state index is 0.0376. The first-order chi connectivity index (χ1) is 13.2. The van der Waals surface area contributed by atoms with Crippen molar-refractivity contribution in [3.63, 3.8) is 0 Å². The van der Waals surface area contributed by atoms with E-state index in [0.29, 0.717) is 29.7 Å². The van der Waals surface area contributed by atoms with E-state index >= 15 is 0 Å². The number of halogens is 1. The molecule has 1 aromatic carbocycles. The number of hydrogen-bond acceptors (Lipinski definition) is 4.